The first kappa shape index (κ1) is 20.2. The lowest BCUT2D eigenvalue weighted by molar-refractivity contribution is -0.159. The Hall–Kier alpha value is -3.56. The number of carbonyl (C=O) groups is 2. The zero-order valence-electron chi connectivity index (χ0n) is 15.7. The van der Waals surface area contributed by atoms with E-state index in [1.165, 1.54) is 18.1 Å². The van der Waals surface area contributed by atoms with Crippen molar-refractivity contribution in [3.63, 3.8) is 0 Å². The predicted molar refractivity (Wildman–Crippen MR) is 104 cm³/mol. The number of nitrogens with one attached hydrogen (secondary N) is 2. The Kier molecular flexibility index (Phi) is 6.01. The number of hydrazine groups is 1. The van der Waals surface area contributed by atoms with Crippen LogP contribution in [0.25, 0.3) is 11.1 Å². The summed E-state index contributed by atoms with van der Waals surface area (Å²) in [6.07, 6.45) is 1.25. The van der Waals surface area contributed by atoms with Crippen LogP contribution in [0.4, 0.5) is 0 Å². The summed E-state index contributed by atoms with van der Waals surface area (Å²) in [4.78, 5) is 23.6. The van der Waals surface area contributed by atoms with Crippen molar-refractivity contribution in [2.24, 2.45) is 0 Å². The number of benzene rings is 2. The van der Waals surface area contributed by atoms with Crippen molar-refractivity contribution in [1.82, 2.24) is 25.8 Å². The summed E-state index contributed by atoms with van der Waals surface area (Å²) in [5, 5.41) is 30.3. The van der Waals surface area contributed by atoms with Gasteiger partial charge in [0.25, 0.3) is 5.91 Å². The second-order valence-corrected chi connectivity index (χ2v) is 6.79. The number of hydrogen-bond donors (Lipinski definition) is 4. The highest BCUT2D eigenvalue weighted by molar-refractivity contribution is 5.91. The van der Waals surface area contributed by atoms with Crippen molar-refractivity contribution in [3.05, 3.63) is 72.1 Å². The smallest absolute Gasteiger partial charge is 0.336 e. The molecule has 9 nitrogen and oxygen atoms in total. The molecule has 9 heteroatoms. The number of aliphatic hydroxyl groups is 1. The van der Waals surface area contributed by atoms with Gasteiger partial charge in [0.2, 0.25) is 0 Å². The third kappa shape index (κ3) is 5.24. The van der Waals surface area contributed by atoms with Crippen LogP contribution in [0.2, 0.25) is 0 Å². The van der Waals surface area contributed by atoms with Gasteiger partial charge >= 0.3 is 5.97 Å². The monoisotopic (exact) mass is 395 g/mol. The van der Waals surface area contributed by atoms with Gasteiger partial charge in [-0.25, -0.2) is 9.80 Å². The Morgan fingerprint density at radius 2 is 1.76 bits per heavy atom. The molecule has 3 rings (SSSR count). The van der Waals surface area contributed by atoms with Gasteiger partial charge in [0, 0.05) is 6.54 Å². The second kappa shape index (κ2) is 8.63. The number of amides is 1. The van der Waals surface area contributed by atoms with E-state index in [1.54, 1.807) is 0 Å². The fourth-order valence-electron chi connectivity index (χ4n) is 2.74. The lowest BCUT2D eigenvalue weighted by Crippen LogP contribution is -2.52. The number of rotatable bonds is 8. The molecular weight excluding hydrogens is 374 g/mol. The average molecular weight is 395 g/mol. The molecule has 0 aliphatic carbocycles. The largest absolute Gasteiger partial charge is 0.479 e. The fourth-order valence-corrected chi connectivity index (χ4v) is 2.74. The standard InChI is InChI=1S/C20H21N5O4/c1-20(29,19(27)28)13-25(23-18(26)17-11-21-24-22-17)12-14-7-9-16(10-8-14)15-5-3-2-4-6-15/h2-11,29H,12-13H2,1H3,(H,23,26)(H,27,28)(H,21,22,24). The molecule has 0 spiro atoms. The number of H-pyrrole nitrogens is 1. The van der Waals surface area contributed by atoms with Crippen molar-refractivity contribution in [2.75, 3.05) is 6.54 Å². The molecule has 2 aromatic carbocycles. The number of carboxylic acids is 1. The summed E-state index contributed by atoms with van der Waals surface area (Å²) in [7, 11) is 0. The second-order valence-electron chi connectivity index (χ2n) is 6.79. The minimum Gasteiger partial charge on any atom is -0.479 e. The van der Waals surface area contributed by atoms with E-state index >= 15 is 0 Å². The molecule has 1 heterocycles. The number of hydrogen-bond acceptors (Lipinski definition) is 6. The lowest BCUT2D eigenvalue weighted by Gasteiger charge is -2.29. The van der Waals surface area contributed by atoms with Gasteiger partial charge in [-0.15, -0.1) is 0 Å². The van der Waals surface area contributed by atoms with Crippen LogP contribution in [-0.2, 0) is 11.3 Å². The highest BCUT2D eigenvalue weighted by Crippen LogP contribution is 2.20. The van der Waals surface area contributed by atoms with E-state index in [1.807, 2.05) is 54.6 Å². The van der Waals surface area contributed by atoms with Crippen molar-refractivity contribution in [2.45, 2.75) is 19.1 Å². The maximum Gasteiger partial charge on any atom is 0.336 e. The Morgan fingerprint density at radius 3 is 2.34 bits per heavy atom. The van der Waals surface area contributed by atoms with Gasteiger partial charge < -0.3 is 10.2 Å². The SMILES string of the molecule is CC(O)(CN(Cc1ccc(-c2ccccc2)cc1)NC(=O)c1cn[nH]n1)C(=O)O. The average Bonchev–Trinajstić information content (AvgIpc) is 3.24. The van der Waals surface area contributed by atoms with E-state index in [9.17, 15) is 19.8 Å². The van der Waals surface area contributed by atoms with Crippen LogP contribution < -0.4 is 5.43 Å². The molecule has 150 valence electrons. The third-order valence-electron chi connectivity index (χ3n) is 4.30. The van der Waals surface area contributed by atoms with Crippen LogP contribution in [-0.4, -0.2) is 54.7 Å². The van der Waals surface area contributed by atoms with Crippen molar-refractivity contribution < 1.29 is 19.8 Å². The Balaban J connectivity index is 1.76. The Labute approximate surface area is 167 Å². The zero-order chi connectivity index (χ0) is 20.9. The number of carboxylic acid groups (broad SMARTS) is 1. The van der Waals surface area contributed by atoms with E-state index in [0.29, 0.717) is 0 Å². The number of carbonyl (C=O) groups excluding carboxylic acids is 1. The molecule has 1 unspecified atom stereocenters. The van der Waals surface area contributed by atoms with Crippen LogP contribution in [0.1, 0.15) is 23.0 Å². The summed E-state index contributed by atoms with van der Waals surface area (Å²) >= 11 is 0. The molecule has 4 N–H and O–H groups in total. The first-order valence-corrected chi connectivity index (χ1v) is 8.87. The molecule has 0 aliphatic heterocycles. The first-order valence-electron chi connectivity index (χ1n) is 8.87. The third-order valence-corrected chi connectivity index (χ3v) is 4.30. The molecule has 0 aliphatic rings. The molecule has 0 saturated carbocycles. The van der Waals surface area contributed by atoms with Gasteiger partial charge in [-0.2, -0.15) is 15.4 Å². The molecule has 1 atom stereocenters. The van der Waals surface area contributed by atoms with Crippen LogP contribution >= 0.6 is 0 Å². The molecule has 0 saturated heterocycles. The van der Waals surface area contributed by atoms with E-state index < -0.39 is 17.5 Å². The van der Waals surface area contributed by atoms with Crippen molar-refractivity contribution in [1.29, 1.82) is 0 Å². The van der Waals surface area contributed by atoms with E-state index in [2.05, 4.69) is 20.8 Å². The van der Waals surface area contributed by atoms with Gasteiger partial charge in [-0.1, -0.05) is 54.6 Å². The van der Waals surface area contributed by atoms with E-state index in [4.69, 9.17) is 0 Å². The van der Waals surface area contributed by atoms with Gasteiger partial charge in [-0.05, 0) is 23.6 Å². The minimum atomic E-state index is -2.05. The summed E-state index contributed by atoms with van der Waals surface area (Å²) in [5.41, 5.74) is 3.50. The zero-order valence-corrected chi connectivity index (χ0v) is 15.7. The molecule has 1 amide bonds. The molecular formula is C20H21N5O4. The quantitative estimate of drug-likeness (QED) is 0.425. The fraction of sp³-hybridized carbons (Fsp3) is 0.200. The maximum absolute atomic E-state index is 12.3. The summed E-state index contributed by atoms with van der Waals surface area (Å²) in [6.45, 7) is 1.03. The molecule has 0 fully saturated rings. The predicted octanol–water partition coefficient (Wildman–Crippen LogP) is 1.45. The van der Waals surface area contributed by atoms with Gasteiger partial charge in [0.1, 0.15) is 0 Å². The number of aliphatic carboxylic acids is 1. The van der Waals surface area contributed by atoms with Crippen molar-refractivity contribution in [3.8, 4) is 11.1 Å². The molecule has 29 heavy (non-hydrogen) atoms. The summed E-state index contributed by atoms with van der Waals surface area (Å²) in [6, 6.07) is 17.5. The Morgan fingerprint density at radius 1 is 1.10 bits per heavy atom. The first-order chi connectivity index (χ1) is 13.8. The lowest BCUT2D eigenvalue weighted by atomic mass is 10.0. The topological polar surface area (TPSA) is 131 Å². The number of aromatic nitrogens is 3. The highest BCUT2D eigenvalue weighted by Gasteiger charge is 2.33. The molecule has 1 aromatic heterocycles. The number of nitrogens with zero attached hydrogens (tertiary/aromatic N) is 3. The van der Waals surface area contributed by atoms with Gasteiger partial charge in [0.05, 0.1) is 12.7 Å². The molecule has 3 aromatic rings. The number of aromatic amines is 1. The minimum absolute atomic E-state index is 0.0457. The summed E-state index contributed by atoms with van der Waals surface area (Å²) in [5.74, 6) is -1.96. The van der Waals surface area contributed by atoms with Crippen molar-refractivity contribution >= 4 is 11.9 Å². The van der Waals surface area contributed by atoms with Gasteiger partial charge in [0.15, 0.2) is 11.3 Å². The van der Waals surface area contributed by atoms with E-state index in [0.717, 1.165) is 16.7 Å². The normalized spacial score (nSPS) is 13.1. The van der Waals surface area contributed by atoms with Crippen LogP contribution in [0.5, 0.6) is 0 Å². The molecule has 0 bridgehead atoms. The van der Waals surface area contributed by atoms with Crippen LogP contribution in [0, 0.1) is 0 Å². The van der Waals surface area contributed by atoms with Crippen LogP contribution in [0.3, 0.4) is 0 Å². The maximum atomic E-state index is 12.3. The highest BCUT2D eigenvalue weighted by atomic mass is 16.4. The Bertz CT molecular complexity index is 956. The summed E-state index contributed by atoms with van der Waals surface area (Å²) < 4.78 is 0. The van der Waals surface area contributed by atoms with Crippen LogP contribution in [0.15, 0.2) is 60.8 Å². The van der Waals surface area contributed by atoms with Gasteiger partial charge in [-0.3, -0.25) is 10.2 Å². The van der Waals surface area contributed by atoms with E-state index in [-0.39, 0.29) is 18.8 Å². The molecule has 0 radical (unpaired) electrons.